The zero-order valence-electron chi connectivity index (χ0n) is 12.5. The molecule has 0 atom stereocenters. The molecule has 2 amide bonds. The van der Waals surface area contributed by atoms with Crippen LogP contribution in [0.2, 0.25) is 0 Å². The summed E-state index contributed by atoms with van der Waals surface area (Å²) in [6.45, 7) is 2.55. The number of furan rings is 1. The number of carbonyl (C=O) groups is 2. The first-order valence-electron chi connectivity index (χ1n) is 7.12. The molecule has 0 unspecified atom stereocenters. The van der Waals surface area contributed by atoms with Crippen molar-refractivity contribution in [3.63, 3.8) is 0 Å². The highest BCUT2D eigenvalue weighted by Gasteiger charge is 2.08. The van der Waals surface area contributed by atoms with Crippen LogP contribution in [0.4, 0.5) is 0 Å². The number of hydrogen-bond donors (Lipinski definition) is 2. The van der Waals surface area contributed by atoms with Gasteiger partial charge in [-0.05, 0) is 31.2 Å². The third kappa shape index (κ3) is 5.40. The SMILES string of the molecule is Cc1ccc(CNC(=O)CCC(=O)NCc2ccccn2)o1. The van der Waals surface area contributed by atoms with Gasteiger partial charge < -0.3 is 15.1 Å². The highest BCUT2D eigenvalue weighted by Crippen LogP contribution is 2.05. The summed E-state index contributed by atoms with van der Waals surface area (Å²) < 4.78 is 5.35. The number of aromatic nitrogens is 1. The summed E-state index contributed by atoms with van der Waals surface area (Å²) >= 11 is 0. The lowest BCUT2D eigenvalue weighted by Gasteiger charge is -2.05. The van der Waals surface area contributed by atoms with E-state index in [9.17, 15) is 9.59 Å². The van der Waals surface area contributed by atoms with E-state index in [-0.39, 0.29) is 24.7 Å². The molecule has 116 valence electrons. The van der Waals surface area contributed by atoms with Gasteiger partial charge in [0, 0.05) is 19.0 Å². The smallest absolute Gasteiger partial charge is 0.220 e. The number of aryl methyl sites for hydroxylation is 1. The molecule has 0 radical (unpaired) electrons. The lowest BCUT2D eigenvalue weighted by Crippen LogP contribution is -2.27. The van der Waals surface area contributed by atoms with Gasteiger partial charge in [-0.2, -0.15) is 0 Å². The van der Waals surface area contributed by atoms with E-state index in [2.05, 4.69) is 15.6 Å². The molecule has 0 bridgehead atoms. The molecule has 0 saturated carbocycles. The predicted octanol–water partition coefficient (Wildman–Crippen LogP) is 1.70. The van der Waals surface area contributed by atoms with Gasteiger partial charge >= 0.3 is 0 Å². The predicted molar refractivity (Wildman–Crippen MR) is 80.6 cm³/mol. The Morgan fingerprint density at radius 2 is 1.77 bits per heavy atom. The molecule has 22 heavy (non-hydrogen) atoms. The zero-order valence-corrected chi connectivity index (χ0v) is 12.5. The molecule has 0 aliphatic carbocycles. The number of nitrogens with one attached hydrogen (secondary N) is 2. The maximum atomic E-state index is 11.7. The molecule has 2 aromatic rings. The molecular formula is C16H19N3O3. The first kappa shape index (κ1) is 15.8. The van der Waals surface area contributed by atoms with Crippen molar-refractivity contribution in [3.05, 3.63) is 53.7 Å². The molecule has 0 fully saturated rings. The summed E-state index contributed by atoms with van der Waals surface area (Å²) in [5.41, 5.74) is 0.786. The summed E-state index contributed by atoms with van der Waals surface area (Å²) in [7, 11) is 0. The lowest BCUT2D eigenvalue weighted by atomic mass is 10.2. The van der Waals surface area contributed by atoms with Crippen LogP contribution in [0.3, 0.4) is 0 Å². The normalized spacial score (nSPS) is 10.2. The zero-order chi connectivity index (χ0) is 15.8. The van der Waals surface area contributed by atoms with E-state index in [1.165, 1.54) is 0 Å². The highest BCUT2D eigenvalue weighted by molar-refractivity contribution is 5.83. The Bertz CT molecular complexity index is 623. The first-order chi connectivity index (χ1) is 10.6. The third-order valence-corrected chi connectivity index (χ3v) is 3.03. The van der Waals surface area contributed by atoms with Gasteiger partial charge in [-0.3, -0.25) is 14.6 Å². The van der Waals surface area contributed by atoms with Gasteiger partial charge in [0.1, 0.15) is 11.5 Å². The number of pyridine rings is 1. The van der Waals surface area contributed by atoms with Crippen LogP contribution < -0.4 is 10.6 Å². The monoisotopic (exact) mass is 301 g/mol. The molecule has 0 spiro atoms. The van der Waals surface area contributed by atoms with Crippen LogP contribution in [0.1, 0.15) is 30.1 Å². The van der Waals surface area contributed by atoms with E-state index in [1.807, 2.05) is 37.3 Å². The molecule has 2 aromatic heterocycles. The second-order valence-electron chi connectivity index (χ2n) is 4.89. The van der Waals surface area contributed by atoms with Gasteiger partial charge in [-0.25, -0.2) is 0 Å². The Labute approximate surface area is 128 Å². The minimum absolute atomic E-state index is 0.147. The van der Waals surface area contributed by atoms with Gasteiger partial charge in [0.05, 0.1) is 18.8 Å². The van der Waals surface area contributed by atoms with Crippen molar-refractivity contribution < 1.29 is 14.0 Å². The van der Waals surface area contributed by atoms with Crippen molar-refractivity contribution >= 4 is 11.8 Å². The van der Waals surface area contributed by atoms with Gasteiger partial charge in [-0.15, -0.1) is 0 Å². The van der Waals surface area contributed by atoms with Crippen molar-refractivity contribution in [3.8, 4) is 0 Å². The van der Waals surface area contributed by atoms with Gasteiger partial charge in [0.25, 0.3) is 0 Å². The summed E-state index contributed by atoms with van der Waals surface area (Å²) in [6, 6.07) is 9.16. The van der Waals surface area contributed by atoms with E-state index < -0.39 is 0 Å². The Kier molecular flexibility index (Phi) is 5.71. The minimum atomic E-state index is -0.179. The summed E-state index contributed by atoms with van der Waals surface area (Å²) in [6.07, 6.45) is 1.97. The van der Waals surface area contributed by atoms with Gasteiger partial charge in [0.15, 0.2) is 0 Å². The molecule has 0 aliphatic rings. The molecule has 0 aromatic carbocycles. The van der Waals surface area contributed by atoms with Crippen molar-refractivity contribution in [2.45, 2.75) is 32.9 Å². The Morgan fingerprint density at radius 3 is 2.36 bits per heavy atom. The molecule has 2 N–H and O–H groups in total. The van der Waals surface area contributed by atoms with Gasteiger partial charge in [-0.1, -0.05) is 6.07 Å². The van der Waals surface area contributed by atoms with Crippen molar-refractivity contribution in [1.29, 1.82) is 0 Å². The Balaban J connectivity index is 1.62. The van der Waals surface area contributed by atoms with Crippen LogP contribution in [0.15, 0.2) is 40.9 Å². The quantitative estimate of drug-likeness (QED) is 0.815. The summed E-state index contributed by atoms with van der Waals surface area (Å²) in [5.74, 6) is 1.15. The maximum absolute atomic E-state index is 11.7. The van der Waals surface area contributed by atoms with Crippen LogP contribution in [-0.2, 0) is 22.7 Å². The van der Waals surface area contributed by atoms with E-state index in [1.54, 1.807) is 6.20 Å². The number of nitrogens with zero attached hydrogens (tertiary/aromatic N) is 1. The fourth-order valence-electron chi connectivity index (χ4n) is 1.86. The topological polar surface area (TPSA) is 84.2 Å². The Morgan fingerprint density at radius 1 is 1.05 bits per heavy atom. The summed E-state index contributed by atoms with van der Waals surface area (Å²) in [4.78, 5) is 27.4. The number of rotatable bonds is 7. The molecule has 2 rings (SSSR count). The largest absolute Gasteiger partial charge is 0.465 e. The van der Waals surface area contributed by atoms with Crippen LogP contribution in [-0.4, -0.2) is 16.8 Å². The second-order valence-corrected chi connectivity index (χ2v) is 4.89. The molecular weight excluding hydrogens is 282 g/mol. The Hall–Kier alpha value is -2.63. The van der Waals surface area contributed by atoms with E-state index >= 15 is 0 Å². The maximum Gasteiger partial charge on any atom is 0.220 e. The van der Waals surface area contributed by atoms with Gasteiger partial charge in [0.2, 0.25) is 11.8 Å². The number of hydrogen-bond acceptors (Lipinski definition) is 4. The van der Waals surface area contributed by atoms with Crippen LogP contribution in [0.25, 0.3) is 0 Å². The molecule has 6 nitrogen and oxygen atoms in total. The summed E-state index contributed by atoms with van der Waals surface area (Å²) in [5, 5.41) is 5.45. The molecule has 0 aliphatic heterocycles. The average Bonchev–Trinajstić information content (AvgIpc) is 2.95. The standard InChI is InChI=1S/C16H19N3O3/c1-12-5-6-14(22-12)11-19-16(21)8-7-15(20)18-10-13-4-2-3-9-17-13/h2-6,9H,7-8,10-11H2,1H3,(H,18,20)(H,19,21). The average molecular weight is 301 g/mol. The number of carbonyl (C=O) groups excluding carboxylic acids is 2. The van der Waals surface area contributed by atoms with E-state index in [0.29, 0.717) is 18.8 Å². The van der Waals surface area contributed by atoms with Crippen LogP contribution in [0.5, 0.6) is 0 Å². The number of amides is 2. The van der Waals surface area contributed by atoms with Crippen LogP contribution in [0, 0.1) is 6.92 Å². The molecule has 6 heteroatoms. The van der Waals surface area contributed by atoms with E-state index in [0.717, 1.165) is 11.5 Å². The molecule has 0 saturated heterocycles. The second kappa shape index (κ2) is 7.97. The first-order valence-corrected chi connectivity index (χ1v) is 7.12. The van der Waals surface area contributed by atoms with Crippen molar-refractivity contribution in [2.24, 2.45) is 0 Å². The van der Waals surface area contributed by atoms with Crippen molar-refractivity contribution in [1.82, 2.24) is 15.6 Å². The van der Waals surface area contributed by atoms with Crippen molar-refractivity contribution in [2.75, 3.05) is 0 Å². The minimum Gasteiger partial charge on any atom is -0.465 e. The van der Waals surface area contributed by atoms with E-state index in [4.69, 9.17) is 4.42 Å². The lowest BCUT2D eigenvalue weighted by molar-refractivity contribution is -0.126. The fraction of sp³-hybridized carbons (Fsp3) is 0.312. The van der Waals surface area contributed by atoms with Crippen LogP contribution >= 0.6 is 0 Å². The fourth-order valence-corrected chi connectivity index (χ4v) is 1.86. The highest BCUT2D eigenvalue weighted by atomic mass is 16.3. The third-order valence-electron chi connectivity index (χ3n) is 3.03. The molecule has 2 heterocycles.